The summed E-state index contributed by atoms with van der Waals surface area (Å²) in [7, 11) is 0. The Morgan fingerprint density at radius 3 is 2.39 bits per heavy atom. The minimum absolute atomic E-state index is 0.202. The number of thiophene rings is 1. The van der Waals surface area contributed by atoms with Gasteiger partial charge in [-0.05, 0) is 36.2 Å². The molecule has 1 unspecified atom stereocenters. The number of ether oxygens (including phenoxy) is 1. The van der Waals surface area contributed by atoms with Crippen LogP contribution in [0.25, 0.3) is 21.9 Å². The van der Waals surface area contributed by atoms with Crippen LogP contribution in [0, 0.1) is 6.92 Å². The van der Waals surface area contributed by atoms with Gasteiger partial charge in [0.2, 0.25) is 3.79 Å². The zero-order valence-corrected chi connectivity index (χ0v) is 22.6. The van der Waals surface area contributed by atoms with Gasteiger partial charge >= 0.3 is 5.97 Å². The fourth-order valence-corrected chi connectivity index (χ4v) is 5.09. The lowest BCUT2D eigenvalue weighted by Gasteiger charge is -2.27. The second-order valence-electron chi connectivity index (χ2n) is 8.06. The minimum Gasteiger partial charge on any atom is -0.462 e. The molecule has 4 aromatic rings. The quantitative estimate of drug-likeness (QED) is 0.139. The molecule has 36 heavy (non-hydrogen) atoms. The first-order chi connectivity index (χ1) is 17.2. The molecule has 0 bridgehead atoms. The van der Waals surface area contributed by atoms with Crippen molar-refractivity contribution >= 4 is 73.8 Å². The number of alkyl halides is 3. The highest BCUT2D eigenvalue weighted by Crippen LogP contribution is 2.39. The molecular formula is C27H23Cl3N2O3S. The second kappa shape index (κ2) is 11.1. The molecular weight excluding hydrogens is 539 g/mol. The number of carbonyl (C=O) groups excluding carboxylic acids is 2. The van der Waals surface area contributed by atoms with E-state index in [0.29, 0.717) is 21.7 Å². The molecule has 3 aromatic carbocycles. The van der Waals surface area contributed by atoms with Gasteiger partial charge in [-0.2, -0.15) is 0 Å². The summed E-state index contributed by atoms with van der Waals surface area (Å²) >= 11 is 20.1. The molecule has 0 saturated carbocycles. The van der Waals surface area contributed by atoms with Gasteiger partial charge in [0.1, 0.15) is 16.7 Å². The van der Waals surface area contributed by atoms with E-state index in [9.17, 15) is 9.59 Å². The highest BCUT2D eigenvalue weighted by molar-refractivity contribution is 7.15. The summed E-state index contributed by atoms with van der Waals surface area (Å²) in [6.07, 6.45) is -1.15. The van der Waals surface area contributed by atoms with Crippen molar-refractivity contribution in [2.45, 2.75) is 23.8 Å². The molecule has 1 heterocycles. The van der Waals surface area contributed by atoms with E-state index in [0.717, 1.165) is 21.9 Å². The average molecular weight is 562 g/mol. The Kier molecular flexibility index (Phi) is 8.10. The van der Waals surface area contributed by atoms with Gasteiger partial charge in [-0.25, -0.2) is 4.79 Å². The van der Waals surface area contributed by atoms with Gasteiger partial charge in [-0.3, -0.25) is 4.79 Å². The molecule has 186 valence electrons. The monoisotopic (exact) mass is 560 g/mol. The third-order valence-electron chi connectivity index (χ3n) is 5.55. The Hall–Kier alpha value is -2.77. The molecule has 5 nitrogen and oxygen atoms in total. The summed E-state index contributed by atoms with van der Waals surface area (Å²) in [5.74, 6) is -0.941. The van der Waals surface area contributed by atoms with Crippen molar-refractivity contribution in [2.24, 2.45) is 0 Å². The number of halogens is 3. The smallest absolute Gasteiger partial charge is 0.341 e. The van der Waals surface area contributed by atoms with E-state index in [1.807, 2.05) is 66.9 Å². The highest BCUT2D eigenvalue weighted by atomic mass is 35.6. The van der Waals surface area contributed by atoms with Crippen molar-refractivity contribution in [1.82, 2.24) is 5.32 Å². The van der Waals surface area contributed by atoms with Gasteiger partial charge in [-0.15, -0.1) is 11.3 Å². The van der Waals surface area contributed by atoms with E-state index in [4.69, 9.17) is 39.5 Å². The first-order valence-corrected chi connectivity index (χ1v) is 13.2. The normalized spacial score (nSPS) is 12.2. The molecule has 4 rings (SSSR count). The lowest BCUT2D eigenvalue weighted by atomic mass is 10.0. The van der Waals surface area contributed by atoms with Crippen molar-refractivity contribution in [3.05, 3.63) is 88.8 Å². The van der Waals surface area contributed by atoms with Crippen LogP contribution < -0.4 is 10.6 Å². The molecule has 1 atom stereocenters. The number of benzene rings is 3. The molecule has 0 spiro atoms. The number of rotatable bonds is 7. The van der Waals surface area contributed by atoms with Crippen molar-refractivity contribution in [2.75, 3.05) is 11.9 Å². The first-order valence-electron chi connectivity index (χ1n) is 11.2. The fraction of sp³-hybridized carbons (Fsp3) is 0.185. The van der Waals surface area contributed by atoms with Crippen molar-refractivity contribution < 1.29 is 14.3 Å². The zero-order chi connectivity index (χ0) is 25.9. The predicted molar refractivity (Wildman–Crippen MR) is 150 cm³/mol. The van der Waals surface area contributed by atoms with Crippen LogP contribution >= 0.6 is 46.1 Å². The van der Waals surface area contributed by atoms with Crippen LogP contribution in [0.2, 0.25) is 0 Å². The average Bonchev–Trinajstić information content (AvgIpc) is 3.27. The molecule has 0 aliphatic rings. The molecule has 9 heteroatoms. The van der Waals surface area contributed by atoms with Gasteiger partial charge in [-0.1, -0.05) is 101 Å². The Morgan fingerprint density at radius 2 is 1.69 bits per heavy atom. The number of anilines is 1. The van der Waals surface area contributed by atoms with E-state index in [2.05, 4.69) is 10.6 Å². The van der Waals surface area contributed by atoms with Gasteiger partial charge in [0.25, 0.3) is 5.91 Å². The largest absolute Gasteiger partial charge is 0.462 e. The lowest BCUT2D eigenvalue weighted by molar-refractivity contribution is 0.0529. The molecule has 0 radical (unpaired) electrons. The molecule has 1 aromatic heterocycles. The predicted octanol–water partition coefficient (Wildman–Crippen LogP) is 7.59. The maximum Gasteiger partial charge on any atom is 0.341 e. The standard InChI is InChI=1S/C27H23Cl3N2O3S/c1-3-35-25(34)22-21(18-13-11-16(2)12-14-18)15-36-24(22)32-26(27(28,29)30)31-23(33)20-10-6-8-17-7-4-5-9-19(17)20/h4-15,26,32H,3H2,1-2H3,(H,31,33). The van der Waals surface area contributed by atoms with Crippen LogP contribution in [0.15, 0.2) is 72.1 Å². The SMILES string of the molecule is CCOC(=O)c1c(-c2ccc(C)cc2)csc1NC(NC(=O)c1cccc2ccccc12)C(Cl)(Cl)Cl. The summed E-state index contributed by atoms with van der Waals surface area (Å²) < 4.78 is 3.39. The maximum atomic E-state index is 13.3. The molecule has 0 fully saturated rings. The van der Waals surface area contributed by atoms with Gasteiger partial charge in [0.15, 0.2) is 0 Å². The highest BCUT2D eigenvalue weighted by Gasteiger charge is 2.36. The number of aryl methyl sites for hydroxylation is 1. The Balaban J connectivity index is 1.69. The fourth-order valence-electron chi connectivity index (χ4n) is 3.78. The lowest BCUT2D eigenvalue weighted by Crippen LogP contribution is -2.49. The summed E-state index contributed by atoms with van der Waals surface area (Å²) in [4.78, 5) is 26.2. The van der Waals surface area contributed by atoms with Crippen LogP contribution in [0.1, 0.15) is 33.2 Å². The number of carbonyl (C=O) groups is 2. The number of hydrogen-bond acceptors (Lipinski definition) is 5. The third-order valence-corrected chi connectivity index (χ3v) is 7.11. The molecule has 1 amide bonds. The van der Waals surface area contributed by atoms with Gasteiger partial charge < -0.3 is 15.4 Å². The number of fused-ring (bicyclic) bond motifs is 1. The number of hydrogen-bond donors (Lipinski definition) is 2. The van der Waals surface area contributed by atoms with Crippen LogP contribution in [-0.4, -0.2) is 28.4 Å². The Morgan fingerprint density at radius 1 is 1.00 bits per heavy atom. The zero-order valence-electron chi connectivity index (χ0n) is 19.5. The molecule has 0 saturated heterocycles. The summed E-state index contributed by atoms with van der Waals surface area (Å²) in [5.41, 5.74) is 3.37. The van der Waals surface area contributed by atoms with Crippen molar-refractivity contribution in [3.63, 3.8) is 0 Å². The van der Waals surface area contributed by atoms with E-state index in [1.165, 1.54) is 11.3 Å². The van der Waals surface area contributed by atoms with Crippen molar-refractivity contribution in [3.8, 4) is 11.1 Å². The molecule has 0 aliphatic heterocycles. The van der Waals surface area contributed by atoms with Crippen LogP contribution in [0.3, 0.4) is 0 Å². The van der Waals surface area contributed by atoms with E-state index < -0.39 is 21.8 Å². The minimum atomic E-state index is -1.93. The third kappa shape index (κ3) is 5.79. The summed E-state index contributed by atoms with van der Waals surface area (Å²) in [6.45, 7) is 3.92. The Bertz CT molecular complexity index is 1390. The van der Waals surface area contributed by atoms with E-state index >= 15 is 0 Å². The number of amides is 1. The summed E-state index contributed by atoms with van der Waals surface area (Å²) in [5, 5.41) is 9.77. The van der Waals surface area contributed by atoms with Crippen LogP contribution in [0.4, 0.5) is 5.00 Å². The molecule has 2 N–H and O–H groups in total. The molecule has 0 aliphatic carbocycles. The second-order valence-corrected chi connectivity index (χ2v) is 11.3. The van der Waals surface area contributed by atoms with Crippen molar-refractivity contribution in [1.29, 1.82) is 0 Å². The Labute approximate surface area is 228 Å². The maximum absolute atomic E-state index is 13.3. The topological polar surface area (TPSA) is 67.4 Å². The first kappa shape index (κ1) is 26.3. The van der Waals surface area contributed by atoms with E-state index in [1.54, 1.807) is 19.1 Å². The van der Waals surface area contributed by atoms with E-state index in [-0.39, 0.29) is 6.61 Å². The summed E-state index contributed by atoms with van der Waals surface area (Å²) in [6, 6.07) is 20.7. The number of nitrogens with one attached hydrogen (secondary N) is 2. The van der Waals surface area contributed by atoms with Crippen LogP contribution in [0.5, 0.6) is 0 Å². The van der Waals surface area contributed by atoms with Gasteiger partial charge in [0.05, 0.1) is 6.61 Å². The van der Waals surface area contributed by atoms with Gasteiger partial charge in [0, 0.05) is 16.5 Å². The van der Waals surface area contributed by atoms with Crippen LogP contribution in [-0.2, 0) is 4.74 Å². The number of esters is 1.